The smallest absolute Gasteiger partial charge is 0.427 e. The van der Waals surface area contributed by atoms with Gasteiger partial charge in [0.2, 0.25) is 0 Å². The third-order valence-corrected chi connectivity index (χ3v) is 6.18. The maximum Gasteiger partial charge on any atom is 0.461 e. The molecule has 3 aliphatic heterocycles. The molecule has 1 aromatic carbocycles. The number of hydrogen-bond donors (Lipinski definition) is 0. The van der Waals surface area contributed by atoms with Crippen LogP contribution in [-0.2, 0) is 0 Å². The lowest BCUT2D eigenvalue weighted by atomic mass is 9.76. The number of likely N-dealkylation sites (tertiary alicyclic amines) is 1. The first kappa shape index (κ1) is 19.5. The summed E-state index contributed by atoms with van der Waals surface area (Å²) in [5, 5.41) is 0. The topological polar surface area (TPSA) is 32.8 Å². The molecule has 0 aliphatic carbocycles. The molecule has 3 aliphatic rings. The molecule has 1 aromatic rings. The fourth-order valence-corrected chi connectivity index (χ4v) is 5.03. The van der Waals surface area contributed by atoms with Gasteiger partial charge < -0.3 is 9.64 Å². The summed E-state index contributed by atoms with van der Waals surface area (Å²) in [5.41, 5.74) is -0.0942. The Bertz CT molecular complexity index is 730. The van der Waals surface area contributed by atoms with Gasteiger partial charge in [-0.3, -0.25) is 9.69 Å². The fraction of sp³-hybridized carbons (Fsp3) is 0.650. The summed E-state index contributed by atoms with van der Waals surface area (Å²) < 4.78 is 56.1. The van der Waals surface area contributed by atoms with Crippen molar-refractivity contribution in [1.82, 2.24) is 9.80 Å². The quantitative estimate of drug-likeness (QED) is 0.720. The number of amides is 1. The summed E-state index contributed by atoms with van der Waals surface area (Å²) in [6.45, 7) is 3.17. The molecular formula is C20H24F4N2O2. The first-order valence-electron chi connectivity index (χ1n) is 9.82. The standard InChI is InChI=1S/C20H24F4N2O2/c21-19(22)20(23,24)28-17-7-2-1-5-15(17)18(27)26-11-13-9-14(12-26)16-6-3-4-8-25(16)10-13/h1-2,5,7,13-14,16,19H,3-4,6,8-12H2/t13-,14-,16+/m1/s1. The number of alkyl halides is 4. The number of benzene rings is 1. The molecule has 8 heteroatoms. The molecule has 1 amide bonds. The van der Waals surface area contributed by atoms with Crippen molar-refractivity contribution in [2.45, 2.75) is 44.3 Å². The van der Waals surface area contributed by atoms with Gasteiger partial charge in [-0.05, 0) is 49.8 Å². The van der Waals surface area contributed by atoms with Crippen LogP contribution in [0.25, 0.3) is 0 Å². The predicted octanol–water partition coefficient (Wildman–Crippen LogP) is 3.87. The minimum absolute atomic E-state index is 0.0942. The van der Waals surface area contributed by atoms with Gasteiger partial charge in [0.1, 0.15) is 5.75 Å². The third-order valence-electron chi connectivity index (χ3n) is 6.18. The molecule has 0 aromatic heterocycles. The van der Waals surface area contributed by atoms with Crippen LogP contribution in [0.4, 0.5) is 17.6 Å². The SMILES string of the molecule is O=C(c1ccccc1OC(F)(F)C(F)F)N1C[C@@H]2C[C@H](C1)[C@@H]1CCCCN1C2. The summed E-state index contributed by atoms with van der Waals surface area (Å²) in [6, 6.07) is 5.87. The molecule has 2 bridgehead atoms. The van der Waals surface area contributed by atoms with Gasteiger partial charge in [-0.15, -0.1) is 0 Å². The minimum atomic E-state index is -4.64. The summed E-state index contributed by atoms with van der Waals surface area (Å²) in [7, 11) is 0. The number of carbonyl (C=O) groups is 1. The van der Waals surface area contributed by atoms with Crippen molar-refractivity contribution in [2.75, 3.05) is 26.2 Å². The number of ether oxygens (including phenoxy) is 1. The third kappa shape index (κ3) is 3.71. The number of hydrogen-bond acceptors (Lipinski definition) is 3. The lowest BCUT2D eigenvalue weighted by Crippen LogP contribution is -2.59. The highest BCUT2D eigenvalue weighted by atomic mass is 19.3. The summed E-state index contributed by atoms with van der Waals surface area (Å²) in [6.07, 6.45) is -4.01. The van der Waals surface area contributed by atoms with E-state index in [1.807, 2.05) is 0 Å². The number of fused-ring (bicyclic) bond motifs is 4. The molecule has 0 N–H and O–H groups in total. The summed E-state index contributed by atoms with van der Waals surface area (Å²) >= 11 is 0. The number of rotatable bonds is 4. The number of para-hydroxylation sites is 1. The number of halogens is 4. The van der Waals surface area contributed by atoms with E-state index in [-0.39, 0.29) is 5.56 Å². The van der Waals surface area contributed by atoms with E-state index in [0.29, 0.717) is 31.0 Å². The van der Waals surface area contributed by atoms with Crippen LogP contribution in [0.1, 0.15) is 36.0 Å². The summed E-state index contributed by atoms with van der Waals surface area (Å²) in [4.78, 5) is 17.3. The monoisotopic (exact) mass is 400 g/mol. The van der Waals surface area contributed by atoms with E-state index in [2.05, 4.69) is 9.64 Å². The van der Waals surface area contributed by atoms with Crippen LogP contribution < -0.4 is 4.74 Å². The van der Waals surface area contributed by atoms with Gasteiger partial charge in [-0.25, -0.2) is 0 Å². The van der Waals surface area contributed by atoms with Crippen LogP contribution in [0.5, 0.6) is 5.75 Å². The number of nitrogens with zero attached hydrogens (tertiary/aromatic N) is 2. The highest BCUT2D eigenvalue weighted by Crippen LogP contribution is 2.38. The van der Waals surface area contributed by atoms with Gasteiger partial charge in [0.05, 0.1) is 5.56 Å². The normalized spacial score (nSPS) is 28.2. The van der Waals surface area contributed by atoms with Gasteiger partial charge in [-0.1, -0.05) is 18.6 Å². The zero-order valence-electron chi connectivity index (χ0n) is 15.5. The lowest BCUT2D eigenvalue weighted by molar-refractivity contribution is -0.253. The highest BCUT2D eigenvalue weighted by Gasteiger charge is 2.46. The molecule has 3 atom stereocenters. The van der Waals surface area contributed by atoms with Crippen molar-refractivity contribution in [1.29, 1.82) is 0 Å². The number of piperidine rings is 3. The van der Waals surface area contributed by atoms with E-state index in [1.54, 1.807) is 4.90 Å². The molecule has 3 saturated heterocycles. The molecular weight excluding hydrogens is 376 g/mol. The van der Waals surface area contributed by atoms with Gasteiger partial charge in [0, 0.05) is 25.7 Å². The Morgan fingerprint density at radius 2 is 1.93 bits per heavy atom. The van der Waals surface area contributed by atoms with E-state index >= 15 is 0 Å². The fourth-order valence-electron chi connectivity index (χ4n) is 5.03. The van der Waals surface area contributed by atoms with Crippen molar-refractivity contribution >= 4 is 5.91 Å². The molecule has 0 spiro atoms. The van der Waals surface area contributed by atoms with Crippen LogP contribution in [0, 0.1) is 11.8 Å². The Kier molecular flexibility index (Phi) is 5.24. The Balaban J connectivity index is 1.53. The molecule has 3 fully saturated rings. The van der Waals surface area contributed by atoms with Crippen LogP contribution in [0.2, 0.25) is 0 Å². The second-order valence-corrected chi connectivity index (χ2v) is 8.09. The van der Waals surface area contributed by atoms with Gasteiger partial charge in [-0.2, -0.15) is 17.6 Å². The van der Waals surface area contributed by atoms with Crippen molar-refractivity contribution in [3.8, 4) is 5.75 Å². The zero-order valence-corrected chi connectivity index (χ0v) is 15.5. The first-order valence-corrected chi connectivity index (χ1v) is 9.82. The molecule has 0 unspecified atom stereocenters. The van der Waals surface area contributed by atoms with E-state index in [9.17, 15) is 22.4 Å². The van der Waals surface area contributed by atoms with E-state index < -0.39 is 24.2 Å². The van der Waals surface area contributed by atoms with Crippen molar-refractivity contribution < 1.29 is 27.1 Å². The Morgan fingerprint density at radius 3 is 2.71 bits per heavy atom. The van der Waals surface area contributed by atoms with Crippen LogP contribution >= 0.6 is 0 Å². The van der Waals surface area contributed by atoms with Crippen molar-refractivity contribution in [2.24, 2.45) is 11.8 Å². The molecule has 154 valence electrons. The van der Waals surface area contributed by atoms with E-state index in [4.69, 9.17) is 0 Å². The van der Waals surface area contributed by atoms with E-state index in [1.165, 1.54) is 31.0 Å². The molecule has 4 nitrogen and oxygen atoms in total. The van der Waals surface area contributed by atoms with Crippen molar-refractivity contribution in [3.05, 3.63) is 29.8 Å². The van der Waals surface area contributed by atoms with Crippen LogP contribution in [0.3, 0.4) is 0 Å². The van der Waals surface area contributed by atoms with Gasteiger partial charge >= 0.3 is 12.5 Å². The molecule has 3 heterocycles. The van der Waals surface area contributed by atoms with Crippen LogP contribution in [-0.4, -0.2) is 60.5 Å². The molecule has 4 rings (SSSR count). The second kappa shape index (κ2) is 7.54. The maximum absolute atomic E-state index is 13.4. The lowest BCUT2D eigenvalue weighted by Gasteiger charge is -2.52. The van der Waals surface area contributed by atoms with Crippen LogP contribution in [0.15, 0.2) is 24.3 Å². The van der Waals surface area contributed by atoms with Crippen molar-refractivity contribution in [3.63, 3.8) is 0 Å². The molecule has 28 heavy (non-hydrogen) atoms. The van der Waals surface area contributed by atoms with Gasteiger partial charge in [0.15, 0.2) is 0 Å². The maximum atomic E-state index is 13.4. The molecule has 0 radical (unpaired) electrons. The Morgan fingerprint density at radius 1 is 1.14 bits per heavy atom. The first-order chi connectivity index (χ1) is 13.3. The predicted molar refractivity (Wildman–Crippen MR) is 94.7 cm³/mol. The average Bonchev–Trinajstić information content (AvgIpc) is 2.67. The minimum Gasteiger partial charge on any atom is -0.427 e. The molecule has 0 saturated carbocycles. The Hall–Kier alpha value is -1.83. The van der Waals surface area contributed by atoms with Gasteiger partial charge in [0.25, 0.3) is 5.91 Å². The average molecular weight is 400 g/mol. The highest BCUT2D eigenvalue weighted by molar-refractivity contribution is 5.97. The second-order valence-electron chi connectivity index (χ2n) is 8.09. The number of carbonyl (C=O) groups excluding carboxylic acids is 1. The summed E-state index contributed by atoms with van der Waals surface area (Å²) in [5.74, 6) is -0.215. The largest absolute Gasteiger partial charge is 0.461 e. The Labute approximate surface area is 161 Å². The van der Waals surface area contributed by atoms with E-state index in [0.717, 1.165) is 32.0 Å². The zero-order chi connectivity index (χ0) is 19.9.